The maximum Gasteiger partial charge on any atom is 0.309 e. The Hall–Kier alpha value is -1.04. The monoisotopic (exact) mass is 390 g/mol. The van der Waals surface area contributed by atoms with E-state index >= 15 is 0 Å². The molecule has 28 heavy (non-hydrogen) atoms. The van der Waals surface area contributed by atoms with Gasteiger partial charge >= 0.3 is 5.97 Å². The summed E-state index contributed by atoms with van der Waals surface area (Å²) < 4.78 is 20.3. The van der Waals surface area contributed by atoms with Crippen molar-refractivity contribution in [3.63, 3.8) is 0 Å². The van der Waals surface area contributed by atoms with Crippen LogP contribution in [0.4, 0.5) is 4.39 Å². The van der Waals surface area contributed by atoms with Gasteiger partial charge < -0.3 is 4.74 Å². The van der Waals surface area contributed by atoms with Crippen LogP contribution in [0.25, 0.3) is 0 Å². The minimum Gasteiger partial charge on any atom is -0.459 e. The Morgan fingerprint density at radius 2 is 1.36 bits per heavy atom. The largest absolute Gasteiger partial charge is 0.459 e. The first-order valence-electron chi connectivity index (χ1n) is 11.9. The first kappa shape index (κ1) is 21.7. The van der Waals surface area contributed by atoms with Gasteiger partial charge in [0.1, 0.15) is 12.3 Å². The van der Waals surface area contributed by atoms with Crippen LogP contribution >= 0.6 is 0 Å². The first-order chi connectivity index (χ1) is 13.6. The highest BCUT2D eigenvalue weighted by Gasteiger charge is 2.35. The number of rotatable bonds is 4. The van der Waals surface area contributed by atoms with Crippen LogP contribution in [0, 0.1) is 41.4 Å². The number of carbonyl (C=O) groups is 1. The van der Waals surface area contributed by atoms with Gasteiger partial charge in [0, 0.05) is 11.8 Å². The zero-order valence-electron chi connectivity index (χ0n) is 17.9. The molecule has 0 radical (unpaired) electrons. The lowest BCUT2D eigenvalue weighted by Gasteiger charge is -2.32. The molecule has 3 aliphatic rings. The zero-order valence-corrected chi connectivity index (χ0v) is 17.9. The Labute approximate surface area is 171 Å². The van der Waals surface area contributed by atoms with Gasteiger partial charge in [-0.3, -0.25) is 4.79 Å². The molecule has 0 bridgehead atoms. The van der Waals surface area contributed by atoms with E-state index in [0.717, 1.165) is 43.9 Å². The molecule has 2 nitrogen and oxygen atoms in total. The molecule has 3 atom stereocenters. The number of carbonyl (C=O) groups excluding carboxylic acids is 1. The fraction of sp³-hybridized carbons (Fsp3) is 0.880. The van der Waals surface area contributed by atoms with Crippen LogP contribution in [0.1, 0.15) is 97.3 Å². The van der Waals surface area contributed by atoms with Crippen LogP contribution in [0.2, 0.25) is 0 Å². The van der Waals surface area contributed by atoms with Gasteiger partial charge in [0.25, 0.3) is 0 Å². The number of esters is 1. The molecule has 3 unspecified atom stereocenters. The summed E-state index contributed by atoms with van der Waals surface area (Å²) in [6.45, 7) is 4.49. The third kappa shape index (κ3) is 5.98. The van der Waals surface area contributed by atoms with Crippen molar-refractivity contribution in [1.82, 2.24) is 0 Å². The Balaban J connectivity index is 1.40. The van der Waals surface area contributed by atoms with Crippen molar-refractivity contribution < 1.29 is 13.9 Å². The van der Waals surface area contributed by atoms with Crippen molar-refractivity contribution in [3.8, 4) is 11.8 Å². The quantitative estimate of drug-likeness (QED) is 0.406. The van der Waals surface area contributed by atoms with Gasteiger partial charge in [0.05, 0.1) is 5.92 Å². The van der Waals surface area contributed by atoms with Crippen LogP contribution in [0.3, 0.4) is 0 Å². The van der Waals surface area contributed by atoms with Crippen molar-refractivity contribution >= 4 is 5.97 Å². The fourth-order valence-electron chi connectivity index (χ4n) is 5.35. The molecule has 0 spiro atoms. The van der Waals surface area contributed by atoms with Crippen molar-refractivity contribution in [1.29, 1.82) is 0 Å². The van der Waals surface area contributed by atoms with E-state index < -0.39 is 12.3 Å². The van der Waals surface area contributed by atoms with E-state index in [2.05, 4.69) is 25.7 Å². The second-order valence-corrected chi connectivity index (χ2v) is 9.54. The highest BCUT2D eigenvalue weighted by Crippen LogP contribution is 2.34. The van der Waals surface area contributed by atoms with Crippen molar-refractivity contribution in [2.45, 2.75) is 110 Å². The van der Waals surface area contributed by atoms with E-state index in [4.69, 9.17) is 4.74 Å². The van der Waals surface area contributed by atoms with Gasteiger partial charge in [-0.1, -0.05) is 38.5 Å². The SMILES string of the molecule is CCC1CCC(C#CC2CCC(OC(=O)C3CCC(CC)CC3)C(F)C2)CC1. The molecule has 0 amide bonds. The zero-order chi connectivity index (χ0) is 19.9. The van der Waals surface area contributed by atoms with Crippen LogP contribution in [-0.2, 0) is 9.53 Å². The van der Waals surface area contributed by atoms with Gasteiger partial charge in [-0.2, -0.15) is 0 Å². The first-order valence-corrected chi connectivity index (χ1v) is 11.9. The lowest BCUT2D eigenvalue weighted by Crippen LogP contribution is -2.36. The molecule has 0 saturated heterocycles. The smallest absolute Gasteiger partial charge is 0.309 e. The van der Waals surface area contributed by atoms with E-state index in [0.29, 0.717) is 18.8 Å². The van der Waals surface area contributed by atoms with Gasteiger partial charge in [0.2, 0.25) is 0 Å². The van der Waals surface area contributed by atoms with Crippen LogP contribution in [0.15, 0.2) is 0 Å². The summed E-state index contributed by atoms with van der Waals surface area (Å²) in [4.78, 5) is 12.5. The summed E-state index contributed by atoms with van der Waals surface area (Å²) in [5.74, 6) is 8.94. The molecule has 0 aliphatic heterocycles. The molecule has 0 heterocycles. The van der Waals surface area contributed by atoms with Crippen LogP contribution < -0.4 is 0 Å². The van der Waals surface area contributed by atoms with Gasteiger partial charge in [-0.15, -0.1) is 0 Å². The molecule has 158 valence electrons. The minimum atomic E-state index is -1.06. The van der Waals surface area contributed by atoms with E-state index in [1.54, 1.807) is 0 Å². The Bertz CT molecular complexity index is 547. The summed E-state index contributed by atoms with van der Waals surface area (Å²) in [6.07, 6.45) is 11.8. The maximum atomic E-state index is 14.7. The van der Waals surface area contributed by atoms with E-state index in [-0.39, 0.29) is 17.8 Å². The highest BCUT2D eigenvalue weighted by atomic mass is 19.1. The third-order valence-electron chi connectivity index (χ3n) is 7.65. The van der Waals surface area contributed by atoms with Crippen molar-refractivity contribution in [2.75, 3.05) is 0 Å². The average molecular weight is 391 g/mol. The number of halogens is 1. The summed E-state index contributed by atoms with van der Waals surface area (Å²) in [5, 5.41) is 0. The minimum absolute atomic E-state index is 0.00855. The molecule has 3 aliphatic carbocycles. The highest BCUT2D eigenvalue weighted by molar-refractivity contribution is 5.72. The van der Waals surface area contributed by atoms with E-state index in [1.807, 2.05) is 0 Å². The molecule has 0 aromatic rings. The number of alkyl halides is 1. The lowest BCUT2D eigenvalue weighted by molar-refractivity contribution is -0.161. The molecule has 3 saturated carbocycles. The molecular formula is C25H39FO2. The Morgan fingerprint density at radius 3 is 1.93 bits per heavy atom. The standard InChI is InChI=1S/C25H39FO2/c1-3-18-5-7-20(8-6-18)9-10-21-13-16-24(23(26)17-21)28-25(27)22-14-11-19(4-2)12-15-22/h18-24H,3-8,11-17H2,1-2H3. The topological polar surface area (TPSA) is 26.3 Å². The molecular weight excluding hydrogens is 351 g/mol. The van der Waals surface area contributed by atoms with Gasteiger partial charge in [-0.05, 0) is 82.5 Å². The molecule has 0 aromatic heterocycles. The molecule has 3 rings (SSSR count). The van der Waals surface area contributed by atoms with Crippen molar-refractivity contribution in [2.24, 2.45) is 29.6 Å². The fourth-order valence-corrected chi connectivity index (χ4v) is 5.35. The Morgan fingerprint density at radius 1 is 0.821 bits per heavy atom. The summed E-state index contributed by atoms with van der Waals surface area (Å²) >= 11 is 0. The number of hydrogen-bond donors (Lipinski definition) is 0. The maximum absolute atomic E-state index is 14.7. The molecule has 3 fully saturated rings. The van der Waals surface area contributed by atoms with E-state index in [1.165, 1.54) is 38.5 Å². The van der Waals surface area contributed by atoms with E-state index in [9.17, 15) is 9.18 Å². The van der Waals surface area contributed by atoms with Crippen LogP contribution in [0.5, 0.6) is 0 Å². The second kappa shape index (κ2) is 10.7. The number of hydrogen-bond acceptors (Lipinski definition) is 2. The van der Waals surface area contributed by atoms with Gasteiger partial charge in [-0.25, -0.2) is 4.39 Å². The molecule has 0 N–H and O–H groups in total. The predicted octanol–water partition coefficient (Wildman–Crippen LogP) is 6.47. The predicted molar refractivity (Wildman–Crippen MR) is 111 cm³/mol. The molecule has 0 aromatic carbocycles. The average Bonchev–Trinajstić information content (AvgIpc) is 2.74. The summed E-state index contributed by atoms with van der Waals surface area (Å²) in [6, 6.07) is 0. The van der Waals surface area contributed by atoms with Gasteiger partial charge in [0.15, 0.2) is 0 Å². The normalized spacial score (nSPS) is 38.9. The second-order valence-electron chi connectivity index (χ2n) is 9.54. The lowest BCUT2D eigenvalue weighted by atomic mass is 9.80. The number of ether oxygens (including phenoxy) is 1. The van der Waals surface area contributed by atoms with Crippen LogP contribution in [-0.4, -0.2) is 18.2 Å². The molecule has 3 heteroatoms. The Kier molecular flexibility index (Phi) is 8.24. The third-order valence-corrected chi connectivity index (χ3v) is 7.65. The summed E-state index contributed by atoms with van der Waals surface area (Å²) in [7, 11) is 0. The van der Waals surface area contributed by atoms with Crippen molar-refractivity contribution in [3.05, 3.63) is 0 Å². The summed E-state index contributed by atoms with van der Waals surface area (Å²) in [5.41, 5.74) is 0.